The van der Waals surface area contributed by atoms with Gasteiger partial charge in [-0.3, -0.25) is 4.79 Å². The highest BCUT2D eigenvalue weighted by Crippen LogP contribution is 2.18. The van der Waals surface area contributed by atoms with E-state index in [0.717, 1.165) is 12.8 Å². The lowest BCUT2D eigenvalue weighted by atomic mass is 10.1. The molecule has 0 aromatic carbocycles. The molecule has 0 radical (unpaired) electrons. The molecule has 1 amide bonds. The monoisotopic (exact) mass is 200 g/mol. The molecule has 0 heterocycles. The summed E-state index contributed by atoms with van der Waals surface area (Å²) in [6, 6.07) is 0.427. The predicted octanol–water partition coefficient (Wildman–Crippen LogP) is -0.128. The Morgan fingerprint density at radius 1 is 1.50 bits per heavy atom. The van der Waals surface area contributed by atoms with Crippen LogP contribution in [0.2, 0.25) is 0 Å². The minimum atomic E-state index is 0.0138. The van der Waals surface area contributed by atoms with E-state index in [9.17, 15) is 4.79 Å². The molecule has 1 rings (SSSR count). The van der Waals surface area contributed by atoms with Crippen LogP contribution < -0.4 is 10.6 Å². The Kier molecular flexibility index (Phi) is 4.35. The molecule has 0 aromatic heterocycles. The fourth-order valence-electron chi connectivity index (χ4n) is 1.24. The summed E-state index contributed by atoms with van der Waals surface area (Å²) >= 11 is 0. The van der Waals surface area contributed by atoms with Crippen molar-refractivity contribution in [2.75, 3.05) is 13.2 Å². The highest BCUT2D eigenvalue weighted by Gasteiger charge is 2.23. The summed E-state index contributed by atoms with van der Waals surface area (Å²) in [6.45, 7) is 4.42. The molecular formula is C10H20N2O2. The summed E-state index contributed by atoms with van der Waals surface area (Å²) in [5.74, 6) is 0.375. The van der Waals surface area contributed by atoms with E-state index in [1.165, 1.54) is 0 Å². The minimum absolute atomic E-state index is 0.0138. The highest BCUT2D eigenvalue weighted by molar-refractivity contribution is 5.78. The first-order chi connectivity index (χ1) is 6.63. The molecule has 82 valence electrons. The average molecular weight is 200 g/mol. The van der Waals surface area contributed by atoms with Gasteiger partial charge in [-0.15, -0.1) is 0 Å². The maximum absolute atomic E-state index is 11.3. The fourth-order valence-corrected chi connectivity index (χ4v) is 1.24. The largest absolute Gasteiger partial charge is 0.395 e. The number of carbonyl (C=O) groups excluding carboxylic acids is 1. The predicted molar refractivity (Wildman–Crippen MR) is 54.9 cm³/mol. The van der Waals surface area contributed by atoms with E-state index >= 15 is 0 Å². The molecule has 1 aliphatic carbocycles. The SMILES string of the molecule is CC(C)[C@@H](CO)NCC(=O)NC1CC1. The summed E-state index contributed by atoms with van der Waals surface area (Å²) in [5, 5.41) is 14.9. The molecule has 0 unspecified atom stereocenters. The van der Waals surface area contributed by atoms with Gasteiger partial charge in [-0.2, -0.15) is 0 Å². The van der Waals surface area contributed by atoms with E-state index in [4.69, 9.17) is 5.11 Å². The molecule has 1 atom stereocenters. The van der Waals surface area contributed by atoms with Gasteiger partial charge in [0.1, 0.15) is 0 Å². The second-order valence-electron chi connectivity index (χ2n) is 4.26. The minimum Gasteiger partial charge on any atom is -0.395 e. The summed E-state index contributed by atoms with van der Waals surface area (Å²) in [5.41, 5.74) is 0. The fraction of sp³-hybridized carbons (Fsp3) is 0.900. The van der Waals surface area contributed by atoms with E-state index < -0.39 is 0 Å². The molecule has 4 nitrogen and oxygen atoms in total. The van der Waals surface area contributed by atoms with Crippen LogP contribution in [0, 0.1) is 5.92 Å². The molecule has 1 fully saturated rings. The zero-order valence-electron chi connectivity index (χ0n) is 8.92. The molecule has 0 saturated heterocycles. The van der Waals surface area contributed by atoms with Crippen LogP contribution in [0.3, 0.4) is 0 Å². The lowest BCUT2D eigenvalue weighted by Gasteiger charge is -2.19. The van der Waals surface area contributed by atoms with E-state index in [0.29, 0.717) is 18.5 Å². The Hall–Kier alpha value is -0.610. The lowest BCUT2D eigenvalue weighted by Crippen LogP contribution is -2.43. The van der Waals surface area contributed by atoms with Gasteiger partial charge in [0.05, 0.1) is 13.2 Å². The summed E-state index contributed by atoms with van der Waals surface area (Å²) < 4.78 is 0. The van der Waals surface area contributed by atoms with Crippen molar-refractivity contribution < 1.29 is 9.90 Å². The van der Waals surface area contributed by atoms with Crippen LogP contribution in [0.5, 0.6) is 0 Å². The van der Waals surface area contributed by atoms with Crippen molar-refractivity contribution in [3.63, 3.8) is 0 Å². The van der Waals surface area contributed by atoms with Gasteiger partial charge in [0.25, 0.3) is 0 Å². The molecule has 0 bridgehead atoms. The molecule has 4 heteroatoms. The van der Waals surface area contributed by atoms with Crippen molar-refractivity contribution in [3.8, 4) is 0 Å². The lowest BCUT2D eigenvalue weighted by molar-refractivity contribution is -0.120. The van der Waals surface area contributed by atoms with Crippen molar-refractivity contribution in [3.05, 3.63) is 0 Å². The summed E-state index contributed by atoms with van der Waals surface area (Å²) in [6.07, 6.45) is 2.22. The van der Waals surface area contributed by atoms with Crippen molar-refractivity contribution in [2.45, 2.75) is 38.8 Å². The molecule has 0 aromatic rings. The Labute approximate surface area is 85.1 Å². The van der Waals surface area contributed by atoms with Gasteiger partial charge in [-0.1, -0.05) is 13.8 Å². The third kappa shape index (κ3) is 4.07. The summed E-state index contributed by atoms with van der Waals surface area (Å²) in [4.78, 5) is 11.3. The Balaban J connectivity index is 2.13. The first-order valence-corrected chi connectivity index (χ1v) is 5.27. The smallest absolute Gasteiger partial charge is 0.234 e. The number of rotatable bonds is 6. The second kappa shape index (κ2) is 5.32. The quantitative estimate of drug-likeness (QED) is 0.560. The molecular weight excluding hydrogens is 180 g/mol. The molecule has 3 N–H and O–H groups in total. The number of aliphatic hydroxyl groups excluding tert-OH is 1. The van der Waals surface area contributed by atoms with Gasteiger partial charge in [0.15, 0.2) is 0 Å². The number of aliphatic hydroxyl groups is 1. The van der Waals surface area contributed by atoms with Crippen LogP contribution >= 0.6 is 0 Å². The maximum Gasteiger partial charge on any atom is 0.234 e. The first kappa shape index (κ1) is 11.5. The van der Waals surface area contributed by atoms with Gasteiger partial charge in [0.2, 0.25) is 5.91 Å². The topological polar surface area (TPSA) is 61.4 Å². The number of nitrogens with one attached hydrogen (secondary N) is 2. The van der Waals surface area contributed by atoms with Crippen LogP contribution in [0.25, 0.3) is 0 Å². The van der Waals surface area contributed by atoms with Gasteiger partial charge in [-0.25, -0.2) is 0 Å². The molecule has 0 aliphatic heterocycles. The second-order valence-corrected chi connectivity index (χ2v) is 4.26. The van der Waals surface area contributed by atoms with Crippen LogP contribution in [-0.4, -0.2) is 36.2 Å². The zero-order valence-corrected chi connectivity index (χ0v) is 8.92. The van der Waals surface area contributed by atoms with Crippen LogP contribution in [0.1, 0.15) is 26.7 Å². The molecule has 14 heavy (non-hydrogen) atoms. The number of amides is 1. The Morgan fingerprint density at radius 3 is 2.57 bits per heavy atom. The Morgan fingerprint density at radius 2 is 2.14 bits per heavy atom. The maximum atomic E-state index is 11.3. The third-order valence-electron chi connectivity index (χ3n) is 2.47. The first-order valence-electron chi connectivity index (χ1n) is 5.27. The van der Waals surface area contributed by atoms with Crippen molar-refractivity contribution in [2.24, 2.45) is 5.92 Å². The van der Waals surface area contributed by atoms with E-state index in [1.54, 1.807) is 0 Å². The standard InChI is InChI=1S/C10H20N2O2/c1-7(2)9(6-13)11-5-10(14)12-8-3-4-8/h7-9,11,13H,3-6H2,1-2H3,(H,12,14)/t9-/m1/s1. The number of hydrogen-bond acceptors (Lipinski definition) is 3. The molecule has 0 spiro atoms. The molecule has 1 aliphatic rings. The number of carbonyl (C=O) groups is 1. The molecule has 1 saturated carbocycles. The summed E-state index contributed by atoms with van der Waals surface area (Å²) in [7, 11) is 0. The van der Waals surface area contributed by atoms with Crippen molar-refractivity contribution in [1.82, 2.24) is 10.6 Å². The number of hydrogen-bond donors (Lipinski definition) is 3. The zero-order chi connectivity index (χ0) is 10.6. The normalized spacial score (nSPS) is 18.3. The van der Waals surface area contributed by atoms with Gasteiger partial charge < -0.3 is 15.7 Å². The van der Waals surface area contributed by atoms with Crippen molar-refractivity contribution >= 4 is 5.91 Å². The van der Waals surface area contributed by atoms with Gasteiger partial charge in [-0.05, 0) is 18.8 Å². The van der Waals surface area contributed by atoms with E-state index in [1.807, 2.05) is 13.8 Å². The highest BCUT2D eigenvalue weighted by atomic mass is 16.3. The van der Waals surface area contributed by atoms with Crippen LogP contribution in [0.4, 0.5) is 0 Å². The average Bonchev–Trinajstić information content (AvgIpc) is 2.88. The van der Waals surface area contributed by atoms with E-state index in [2.05, 4.69) is 10.6 Å². The third-order valence-corrected chi connectivity index (χ3v) is 2.47. The van der Waals surface area contributed by atoms with Crippen LogP contribution in [0.15, 0.2) is 0 Å². The van der Waals surface area contributed by atoms with Crippen LogP contribution in [-0.2, 0) is 4.79 Å². The van der Waals surface area contributed by atoms with E-state index in [-0.39, 0.29) is 18.6 Å². The van der Waals surface area contributed by atoms with Gasteiger partial charge in [0, 0.05) is 12.1 Å². The van der Waals surface area contributed by atoms with Crippen molar-refractivity contribution in [1.29, 1.82) is 0 Å². The Bertz CT molecular complexity index is 191. The van der Waals surface area contributed by atoms with Gasteiger partial charge >= 0.3 is 0 Å².